The molecule has 24 heavy (non-hydrogen) atoms. The normalized spacial score (nSPS) is 24.8. The lowest BCUT2D eigenvalue weighted by atomic mass is 9.79. The number of carbonyl (C=O) groups is 1. The van der Waals surface area contributed by atoms with E-state index in [1.165, 1.54) is 24.3 Å². The summed E-state index contributed by atoms with van der Waals surface area (Å²) in [6.45, 7) is 6.80. The van der Waals surface area contributed by atoms with Crippen molar-refractivity contribution in [2.45, 2.75) is 32.7 Å². The number of thiophene rings is 1. The highest BCUT2D eigenvalue weighted by Crippen LogP contribution is 2.40. The van der Waals surface area contributed by atoms with Crippen LogP contribution in [0.3, 0.4) is 0 Å². The van der Waals surface area contributed by atoms with Crippen LogP contribution in [0.25, 0.3) is 0 Å². The Kier molecular flexibility index (Phi) is 4.18. The first-order valence-corrected chi connectivity index (χ1v) is 9.49. The summed E-state index contributed by atoms with van der Waals surface area (Å²) in [5.74, 6) is 0.685. The summed E-state index contributed by atoms with van der Waals surface area (Å²) in [7, 11) is 0. The van der Waals surface area contributed by atoms with E-state index in [2.05, 4.69) is 27.6 Å². The molecular formula is C18H23N3O2S. The van der Waals surface area contributed by atoms with Gasteiger partial charge in [0.25, 0.3) is 5.91 Å². The topological polar surface area (TPSA) is 49.6 Å². The van der Waals surface area contributed by atoms with Crippen LogP contribution in [0.4, 0.5) is 0 Å². The zero-order chi connectivity index (χ0) is 16.6. The monoisotopic (exact) mass is 345 g/mol. The van der Waals surface area contributed by atoms with E-state index in [1.807, 2.05) is 16.2 Å². The second kappa shape index (κ2) is 6.33. The number of hydrogen-bond donors (Lipinski definition) is 0. The van der Waals surface area contributed by atoms with E-state index in [-0.39, 0.29) is 11.3 Å². The molecular weight excluding hydrogens is 322 g/mol. The number of rotatable bonds is 3. The fraction of sp³-hybridized carbons (Fsp3) is 0.556. The summed E-state index contributed by atoms with van der Waals surface area (Å²) in [5.41, 5.74) is 0.870. The predicted octanol–water partition coefficient (Wildman–Crippen LogP) is 3.17. The maximum Gasteiger partial charge on any atom is 0.259 e. The van der Waals surface area contributed by atoms with Crippen LogP contribution in [0.1, 0.15) is 40.3 Å². The van der Waals surface area contributed by atoms with E-state index in [0.717, 1.165) is 32.6 Å². The molecule has 0 N–H and O–H groups in total. The smallest absolute Gasteiger partial charge is 0.259 e. The Balaban J connectivity index is 1.43. The second-order valence-corrected chi connectivity index (χ2v) is 8.20. The van der Waals surface area contributed by atoms with Crippen LogP contribution in [0.2, 0.25) is 0 Å². The molecule has 1 spiro atoms. The maximum absolute atomic E-state index is 12.7. The van der Waals surface area contributed by atoms with Crippen molar-refractivity contribution < 1.29 is 9.32 Å². The summed E-state index contributed by atoms with van der Waals surface area (Å²) < 4.78 is 5.05. The number of amides is 1. The van der Waals surface area contributed by atoms with Crippen LogP contribution in [0.15, 0.2) is 28.2 Å². The van der Waals surface area contributed by atoms with E-state index < -0.39 is 0 Å². The molecule has 2 aromatic rings. The van der Waals surface area contributed by atoms with Gasteiger partial charge in [-0.25, -0.2) is 0 Å². The first kappa shape index (κ1) is 15.8. The van der Waals surface area contributed by atoms with Gasteiger partial charge in [0, 0.05) is 36.5 Å². The molecule has 1 amide bonds. The van der Waals surface area contributed by atoms with Gasteiger partial charge < -0.3 is 9.42 Å². The van der Waals surface area contributed by atoms with Crippen molar-refractivity contribution in [3.63, 3.8) is 0 Å². The number of piperidine rings is 1. The number of hydrogen-bond acceptors (Lipinski definition) is 5. The molecule has 0 bridgehead atoms. The van der Waals surface area contributed by atoms with Gasteiger partial charge in [0.05, 0.1) is 6.20 Å². The Labute approximate surface area is 146 Å². The fourth-order valence-corrected chi connectivity index (χ4v) is 4.93. The van der Waals surface area contributed by atoms with Gasteiger partial charge >= 0.3 is 0 Å². The Bertz CT molecular complexity index is 712. The van der Waals surface area contributed by atoms with Crippen molar-refractivity contribution in [2.75, 3.05) is 26.2 Å². The van der Waals surface area contributed by atoms with E-state index in [4.69, 9.17) is 4.52 Å². The van der Waals surface area contributed by atoms with Crippen molar-refractivity contribution in [3.05, 3.63) is 39.9 Å². The minimum atomic E-state index is 0.0704. The molecule has 1 atom stereocenters. The standard InChI is InChI=1S/C18H23N3O2S/c1-14-16(10-19-23-14)17(22)21-8-6-18(13-21)5-3-7-20(12-18)11-15-4-2-9-24-15/h2,4,9-10H,3,5-8,11-13H2,1H3. The van der Waals surface area contributed by atoms with Gasteiger partial charge in [0.2, 0.25) is 0 Å². The quantitative estimate of drug-likeness (QED) is 0.857. The Morgan fingerprint density at radius 2 is 2.29 bits per heavy atom. The molecule has 0 aromatic carbocycles. The summed E-state index contributed by atoms with van der Waals surface area (Å²) >= 11 is 1.83. The third kappa shape index (κ3) is 3.00. The van der Waals surface area contributed by atoms with Crippen molar-refractivity contribution >= 4 is 17.2 Å². The van der Waals surface area contributed by atoms with Crippen LogP contribution in [0.5, 0.6) is 0 Å². The highest BCUT2D eigenvalue weighted by molar-refractivity contribution is 7.09. The number of nitrogens with zero attached hydrogens (tertiary/aromatic N) is 3. The zero-order valence-corrected chi connectivity index (χ0v) is 14.8. The highest BCUT2D eigenvalue weighted by atomic mass is 32.1. The molecule has 1 unspecified atom stereocenters. The summed E-state index contributed by atoms with van der Waals surface area (Å²) in [6.07, 6.45) is 5.09. The molecule has 2 aromatic heterocycles. The zero-order valence-electron chi connectivity index (χ0n) is 14.0. The molecule has 0 saturated carbocycles. The molecule has 4 heterocycles. The van der Waals surface area contributed by atoms with Gasteiger partial charge in [0.15, 0.2) is 0 Å². The minimum Gasteiger partial charge on any atom is -0.361 e. The maximum atomic E-state index is 12.7. The molecule has 2 saturated heterocycles. The number of aromatic nitrogens is 1. The Hall–Kier alpha value is -1.66. The van der Waals surface area contributed by atoms with Gasteiger partial charge in [-0.2, -0.15) is 0 Å². The van der Waals surface area contributed by atoms with Gasteiger partial charge in [-0.15, -0.1) is 11.3 Å². The molecule has 2 fully saturated rings. The Morgan fingerprint density at radius 1 is 1.38 bits per heavy atom. The van der Waals surface area contributed by atoms with Crippen molar-refractivity contribution in [2.24, 2.45) is 5.41 Å². The summed E-state index contributed by atoms with van der Waals surface area (Å²) in [6, 6.07) is 4.34. The van der Waals surface area contributed by atoms with Crippen molar-refractivity contribution in [1.82, 2.24) is 15.0 Å². The van der Waals surface area contributed by atoms with E-state index >= 15 is 0 Å². The van der Waals surface area contributed by atoms with Crippen LogP contribution in [0, 0.1) is 12.3 Å². The van der Waals surface area contributed by atoms with Gasteiger partial charge in [-0.1, -0.05) is 11.2 Å². The minimum absolute atomic E-state index is 0.0704. The van der Waals surface area contributed by atoms with E-state index in [1.54, 1.807) is 13.1 Å². The van der Waals surface area contributed by atoms with Gasteiger partial charge in [-0.05, 0) is 44.2 Å². The van der Waals surface area contributed by atoms with Crippen LogP contribution >= 0.6 is 11.3 Å². The summed E-state index contributed by atoms with van der Waals surface area (Å²) in [5, 5.41) is 5.89. The number of likely N-dealkylation sites (tertiary alicyclic amines) is 2. The van der Waals surface area contributed by atoms with Gasteiger partial charge in [0.1, 0.15) is 11.3 Å². The molecule has 5 nitrogen and oxygen atoms in total. The van der Waals surface area contributed by atoms with E-state index in [9.17, 15) is 4.79 Å². The molecule has 6 heteroatoms. The largest absolute Gasteiger partial charge is 0.361 e. The SMILES string of the molecule is Cc1oncc1C(=O)N1CCC2(CCCN(Cc3cccs3)C2)C1. The highest BCUT2D eigenvalue weighted by Gasteiger charge is 2.43. The fourth-order valence-electron chi connectivity index (χ4n) is 4.18. The summed E-state index contributed by atoms with van der Waals surface area (Å²) in [4.78, 5) is 18.7. The average Bonchev–Trinajstić information content (AvgIpc) is 3.29. The van der Waals surface area contributed by atoms with E-state index in [0.29, 0.717) is 11.3 Å². The lowest BCUT2D eigenvalue weighted by molar-refractivity contribution is 0.0676. The van der Waals surface area contributed by atoms with Crippen LogP contribution in [-0.4, -0.2) is 47.0 Å². The van der Waals surface area contributed by atoms with Crippen molar-refractivity contribution in [1.29, 1.82) is 0 Å². The molecule has 2 aliphatic rings. The van der Waals surface area contributed by atoms with Crippen LogP contribution < -0.4 is 0 Å². The predicted molar refractivity (Wildman–Crippen MR) is 93.0 cm³/mol. The first-order valence-electron chi connectivity index (χ1n) is 8.61. The number of carbonyl (C=O) groups excluding carboxylic acids is 1. The van der Waals surface area contributed by atoms with Crippen LogP contribution in [-0.2, 0) is 6.54 Å². The van der Waals surface area contributed by atoms with Gasteiger partial charge in [-0.3, -0.25) is 9.69 Å². The first-order chi connectivity index (χ1) is 11.7. The molecule has 2 aliphatic heterocycles. The third-order valence-corrected chi connectivity index (χ3v) is 6.27. The van der Waals surface area contributed by atoms with Crippen molar-refractivity contribution in [3.8, 4) is 0 Å². The second-order valence-electron chi connectivity index (χ2n) is 7.17. The Morgan fingerprint density at radius 3 is 3.04 bits per heavy atom. The third-order valence-electron chi connectivity index (χ3n) is 5.41. The number of aryl methyl sites for hydroxylation is 1. The lowest BCUT2D eigenvalue weighted by Gasteiger charge is -2.40. The molecule has 0 radical (unpaired) electrons. The molecule has 0 aliphatic carbocycles. The average molecular weight is 345 g/mol. The molecule has 128 valence electrons. The molecule has 4 rings (SSSR count). The lowest BCUT2D eigenvalue weighted by Crippen LogP contribution is -2.44.